The third-order valence-electron chi connectivity index (χ3n) is 4.10. The quantitative estimate of drug-likeness (QED) is 0.674. The summed E-state index contributed by atoms with van der Waals surface area (Å²) in [6.45, 7) is 2.35. The van der Waals surface area contributed by atoms with Crippen molar-refractivity contribution in [1.82, 2.24) is 0 Å². The summed E-state index contributed by atoms with van der Waals surface area (Å²) in [6.07, 6.45) is -0.529. The molecule has 146 valence electrons. The standard InChI is InChI=1S/C20H24O7/c1-6-27-14-8-7-12(9-15(14)23-2)18(22)17-13(11-21)10-16(24-3)19(25-4)20(17)26-5/h7-11,18,22H,6H2,1-5H3. The molecule has 0 spiro atoms. The summed E-state index contributed by atoms with van der Waals surface area (Å²) in [5.74, 6) is 1.87. The second kappa shape index (κ2) is 9.14. The van der Waals surface area contributed by atoms with E-state index in [1.807, 2.05) is 6.92 Å². The summed E-state index contributed by atoms with van der Waals surface area (Å²) in [6, 6.07) is 6.55. The summed E-state index contributed by atoms with van der Waals surface area (Å²) >= 11 is 0. The monoisotopic (exact) mass is 376 g/mol. The van der Waals surface area contributed by atoms with E-state index in [1.54, 1.807) is 18.2 Å². The van der Waals surface area contributed by atoms with Crippen molar-refractivity contribution in [3.63, 3.8) is 0 Å². The molecule has 1 N–H and O–H groups in total. The highest BCUT2D eigenvalue weighted by molar-refractivity contribution is 5.82. The second-order valence-corrected chi connectivity index (χ2v) is 5.51. The van der Waals surface area contributed by atoms with Crippen molar-refractivity contribution in [3.8, 4) is 28.7 Å². The zero-order valence-corrected chi connectivity index (χ0v) is 16.1. The first-order chi connectivity index (χ1) is 13.1. The maximum Gasteiger partial charge on any atom is 0.203 e. The molecule has 0 bridgehead atoms. The molecule has 0 amide bonds. The Balaban J connectivity index is 2.64. The van der Waals surface area contributed by atoms with Crippen molar-refractivity contribution in [1.29, 1.82) is 0 Å². The molecule has 2 aromatic carbocycles. The molecule has 0 aliphatic carbocycles. The lowest BCUT2D eigenvalue weighted by Gasteiger charge is -2.22. The number of carbonyl (C=O) groups is 1. The number of benzene rings is 2. The number of methoxy groups -OCH3 is 4. The van der Waals surface area contributed by atoms with Crippen LogP contribution in [0, 0.1) is 0 Å². The lowest BCUT2D eigenvalue weighted by molar-refractivity contribution is 0.111. The van der Waals surface area contributed by atoms with Crippen LogP contribution in [0.1, 0.15) is 34.5 Å². The van der Waals surface area contributed by atoms with Crippen molar-refractivity contribution < 1.29 is 33.6 Å². The van der Waals surface area contributed by atoms with E-state index in [4.69, 9.17) is 23.7 Å². The van der Waals surface area contributed by atoms with E-state index < -0.39 is 6.10 Å². The molecule has 7 heteroatoms. The van der Waals surface area contributed by atoms with Gasteiger partial charge >= 0.3 is 0 Å². The molecule has 1 atom stereocenters. The number of ether oxygens (including phenoxy) is 5. The van der Waals surface area contributed by atoms with E-state index in [0.29, 0.717) is 35.7 Å². The Morgan fingerprint density at radius 1 is 0.926 bits per heavy atom. The molecule has 2 aromatic rings. The Morgan fingerprint density at radius 3 is 2.11 bits per heavy atom. The normalized spacial score (nSPS) is 11.5. The number of carbonyl (C=O) groups excluding carboxylic acids is 1. The fourth-order valence-corrected chi connectivity index (χ4v) is 2.87. The summed E-state index contributed by atoms with van der Waals surface area (Å²) in [4.78, 5) is 11.7. The number of aldehydes is 1. The number of rotatable bonds is 9. The van der Waals surface area contributed by atoms with Crippen molar-refractivity contribution in [2.24, 2.45) is 0 Å². The summed E-state index contributed by atoms with van der Waals surface area (Å²) in [5, 5.41) is 11.0. The first-order valence-corrected chi connectivity index (χ1v) is 8.32. The van der Waals surface area contributed by atoms with Gasteiger partial charge in [0, 0.05) is 11.1 Å². The third kappa shape index (κ3) is 3.93. The van der Waals surface area contributed by atoms with E-state index in [0.717, 1.165) is 0 Å². The Labute approximate surface area is 158 Å². The second-order valence-electron chi connectivity index (χ2n) is 5.51. The Hall–Kier alpha value is -2.93. The lowest BCUT2D eigenvalue weighted by Crippen LogP contribution is -2.09. The summed E-state index contributed by atoms with van der Waals surface area (Å²) < 4.78 is 26.9. The van der Waals surface area contributed by atoms with Gasteiger partial charge in [0.25, 0.3) is 0 Å². The first-order valence-electron chi connectivity index (χ1n) is 8.32. The Kier molecular flexibility index (Phi) is 6.90. The van der Waals surface area contributed by atoms with E-state index in [9.17, 15) is 9.90 Å². The van der Waals surface area contributed by atoms with Gasteiger partial charge in [-0.25, -0.2) is 0 Å². The molecular weight excluding hydrogens is 352 g/mol. The van der Waals surface area contributed by atoms with Crippen LogP contribution >= 0.6 is 0 Å². The molecule has 0 aliphatic heterocycles. The smallest absolute Gasteiger partial charge is 0.203 e. The van der Waals surface area contributed by atoms with Crippen LogP contribution in [0.5, 0.6) is 28.7 Å². The molecule has 0 saturated carbocycles. The van der Waals surface area contributed by atoms with Crippen LogP contribution in [-0.2, 0) is 0 Å². The van der Waals surface area contributed by atoms with Gasteiger partial charge in [0.15, 0.2) is 29.3 Å². The number of aliphatic hydroxyl groups excluding tert-OH is 1. The Morgan fingerprint density at radius 2 is 1.59 bits per heavy atom. The molecule has 1 unspecified atom stereocenters. The van der Waals surface area contributed by atoms with Crippen LogP contribution in [0.4, 0.5) is 0 Å². The molecule has 27 heavy (non-hydrogen) atoms. The van der Waals surface area contributed by atoms with Crippen LogP contribution < -0.4 is 23.7 Å². The fourth-order valence-electron chi connectivity index (χ4n) is 2.87. The summed E-state index contributed by atoms with van der Waals surface area (Å²) in [5.41, 5.74) is 1.00. The molecule has 7 nitrogen and oxygen atoms in total. The molecule has 0 aromatic heterocycles. The minimum absolute atomic E-state index is 0.222. The SMILES string of the molecule is CCOc1ccc(C(O)c2c(C=O)cc(OC)c(OC)c2OC)cc1OC. The van der Waals surface area contributed by atoms with Gasteiger partial charge in [-0.1, -0.05) is 6.07 Å². The van der Waals surface area contributed by atoms with Gasteiger partial charge in [-0.15, -0.1) is 0 Å². The van der Waals surface area contributed by atoms with Crippen LogP contribution in [0.3, 0.4) is 0 Å². The van der Waals surface area contributed by atoms with Gasteiger partial charge in [-0.3, -0.25) is 4.79 Å². The highest BCUT2D eigenvalue weighted by Gasteiger charge is 2.27. The van der Waals surface area contributed by atoms with Crippen LogP contribution in [-0.4, -0.2) is 46.4 Å². The maximum absolute atomic E-state index is 11.7. The van der Waals surface area contributed by atoms with Crippen LogP contribution in [0.2, 0.25) is 0 Å². The van der Waals surface area contributed by atoms with Crippen molar-refractivity contribution in [3.05, 3.63) is 41.0 Å². The first kappa shape index (κ1) is 20.4. The van der Waals surface area contributed by atoms with Crippen LogP contribution in [0.25, 0.3) is 0 Å². The number of hydrogen-bond acceptors (Lipinski definition) is 7. The van der Waals surface area contributed by atoms with E-state index in [-0.39, 0.29) is 22.6 Å². The van der Waals surface area contributed by atoms with Crippen molar-refractivity contribution in [2.45, 2.75) is 13.0 Å². The van der Waals surface area contributed by atoms with Crippen molar-refractivity contribution >= 4 is 6.29 Å². The molecule has 0 heterocycles. The molecule has 0 aliphatic rings. The zero-order valence-electron chi connectivity index (χ0n) is 16.1. The zero-order chi connectivity index (χ0) is 20.0. The average Bonchev–Trinajstić information content (AvgIpc) is 2.71. The maximum atomic E-state index is 11.7. The predicted octanol–water partition coefficient (Wildman–Crippen LogP) is 3.01. The summed E-state index contributed by atoms with van der Waals surface area (Å²) in [7, 11) is 5.86. The Bertz CT molecular complexity index is 801. The lowest BCUT2D eigenvalue weighted by atomic mass is 9.95. The molecule has 0 fully saturated rings. The highest BCUT2D eigenvalue weighted by atomic mass is 16.5. The number of hydrogen-bond donors (Lipinski definition) is 1. The fraction of sp³-hybridized carbons (Fsp3) is 0.350. The average molecular weight is 376 g/mol. The van der Waals surface area contributed by atoms with Gasteiger partial charge in [-0.2, -0.15) is 0 Å². The van der Waals surface area contributed by atoms with E-state index in [1.165, 1.54) is 34.5 Å². The molecular formula is C20H24O7. The van der Waals surface area contributed by atoms with Gasteiger partial charge < -0.3 is 28.8 Å². The predicted molar refractivity (Wildman–Crippen MR) is 99.7 cm³/mol. The van der Waals surface area contributed by atoms with Gasteiger partial charge in [0.1, 0.15) is 6.10 Å². The number of aliphatic hydroxyl groups is 1. The highest BCUT2D eigenvalue weighted by Crippen LogP contribution is 2.46. The minimum Gasteiger partial charge on any atom is -0.493 e. The molecule has 2 rings (SSSR count). The van der Waals surface area contributed by atoms with Crippen molar-refractivity contribution in [2.75, 3.05) is 35.0 Å². The largest absolute Gasteiger partial charge is 0.493 e. The molecule has 0 radical (unpaired) electrons. The van der Waals surface area contributed by atoms with E-state index in [2.05, 4.69) is 0 Å². The topological polar surface area (TPSA) is 83.5 Å². The third-order valence-corrected chi connectivity index (χ3v) is 4.10. The van der Waals surface area contributed by atoms with Crippen LogP contribution in [0.15, 0.2) is 24.3 Å². The van der Waals surface area contributed by atoms with Gasteiger partial charge in [0.2, 0.25) is 5.75 Å². The van der Waals surface area contributed by atoms with Gasteiger partial charge in [0.05, 0.1) is 35.0 Å². The van der Waals surface area contributed by atoms with Gasteiger partial charge in [-0.05, 0) is 30.7 Å². The minimum atomic E-state index is -1.16. The molecule has 0 saturated heterocycles. The van der Waals surface area contributed by atoms with E-state index >= 15 is 0 Å².